The predicted molar refractivity (Wildman–Crippen MR) is 78.2 cm³/mol. The highest BCUT2D eigenvalue weighted by Crippen LogP contribution is 2.18. The van der Waals surface area contributed by atoms with Gasteiger partial charge in [0.25, 0.3) is 0 Å². The molecule has 1 aromatic carbocycles. The Morgan fingerprint density at radius 1 is 1.18 bits per heavy atom. The van der Waals surface area contributed by atoms with Crippen molar-refractivity contribution in [3.8, 4) is 0 Å². The fourth-order valence-electron chi connectivity index (χ4n) is 1.35. The lowest BCUT2D eigenvalue weighted by Crippen LogP contribution is -1.74. The molecule has 0 aliphatic heterocycles. The quantitative estimate of drug-likeness (QED) is 0.370. The van der Waals surface area contributed by atoms with Gasteiger partial charge in [0.1, 0.15) is 0 Å². The number of thioether (sulfide) groups is 1. The van der Waals surface area contributed by atoms with Crippen molar-refractivity contribution in [3.63, 3.8) is 0 Å². The van der Waals surface area contributed by atoms with Crippen molar-refractivity contribution < 1.29 is 0 Å². The Morgan fingerprint density at radius 3 is 2.53 bits per heavy atom. The van der Waals surface area contributed by atoms with Crippen LogP contribution in [0.3, 0.4) is 0 Å². The van der Waals surface area contributed by atoms with Gasteiger partial charge in [-0.2, -0.15) is 0 Å². The first kappa shape index (κ1) is 13.9. The van der Waals surface area contributed by atoms with Crippen molar-refractivity contribution in [3.05, 3.63) is 58.7 Å². The Balaban J connectivity index is 2.43. The van der Waals surface area contributed by atoms with Crippen molar-refractivity contribution in [1.29, 1.82) is 0 Å². The van der Waals surface area contributed by atoms with E-state index in [9.17, 15) is 0 Å². The molecule has 0 radical (unpaired) electrons. The Bertz CT molecular complexity index is 416. The first-order valence-corrected chi connectivity index (χ1v) is 6.82. The van der Waals surface area contributed by atoms with Gasteiger partial charge in [0, 0.05) is 10.3 Å². The Labute approximate surface area is 109 Å². The first-order chi connectivity index (χ1) is 8.18. The molecule has 0 nitrogen and oxygen atoms in total. The summed E-state index contributed by atoms with van der Waals surface area (Å²) in [5.41, 5.74) is 6.03. The normalized spacial score (nSPS) is 9.35. The van der Waals surface area contributed by atoms with Gasteiger partial charge < -0.3 is 0 Å². The van der Waals surface area contributed by atoms with Crippen LogP contribution >= 0.6 is 11.8 Å². The van der Waals surface area contributed by atoms with Crippen LogP contribution in [0, 0.1) is 0 Å². The van der Waals surface area contributed by atoms with Crippen molar-refractivity contribution >= 4 is 11.8 Å². The molecule has 0 atom stereocenters. The van der Waals surface area contributed by atoms with E-state index in [4.69, 9.17) is 0 Å². The summed E-state index contributed by atoms with van der Waals surface area (Å²) in [6.45, 7) is 6.42. The monoisotopic (exact) mass is 244 g/mol. The van der Waals surface area contributed by atoms with Crippen LogP contribution in [0.2, 0.25) is 0 Å². The molecule has 0 heterocycles. The smallest absolute Gasteiger partial charge is 0.0178 e. The molecule has 0 N–H and O–H groups in total. The van der Waals surface area contributed by atoms with Crippen molar-refractivity contribution in [2.75, 3.05) is 0 Å². The molecular weight excluding hydrogens is 224 g/mol. The summed E-state index contributed by atoms with van der Waals surface area (Å²) in [6.07, 6.45) is 4.48. The van der Waals surface area contributed by atoms with Crippen molar-refractivity contribution in [2.24, 2.45) is 0 Å². The zero-order valence-corrected chi connectivity index (χ0v) is 11.7. The zero-order valence-electron chi connectivity index (χ0n) is 10.9. The van der Waals surface area contributed by atoms with E-state index in [1.807, 2.05) is 11.5 Å². The third-order valence-corrected chi connectivity index (χ3v) is 3.10. The molecule has 0 bridgehead atoms. The Kier molecular flexibility index (Phi) is 6.54. The topological polar surface area (TPSA) is 0 Å². The van der Waals surface area contributed by atoms with Crippen molar-refractivity contribution in [1.82, 2.24) is 0 Å². The number of hydrogen-bond acceptors (Lipinski definition) is 1. The summed E-state index contributed by atoms with van der Waals surface area (Å²) in [6, 6.07) is 10.4. The second kappa shape index (κ2) is 8.00. The van der Waals surface area contributed by atoms with E-state index in [1.165, 1.54) is 16.0 Å². The van der Waals surface area contributed by atoms with E-state index in [-0.39, 0.29) is 0 Å². The maximum atomic E-state index is 3.33. The molecule has 0 amide bonds. The molecule has 1 rings (SSSR count). The van der Waals surface area contributed by atoms with Crippen LogP contribution in [0.5, 0.6) is 0 Å². The summed E-state index contributed by atoms with van der Waals surface area (Å²) < 4.78 is 0. The van der Waals surface area contributed by atoms with E-state index in [0.29, 0.717) is 0 Å². The van der Waals surface area contributed by atoms with Gasteiger partial charge in [-0.3, -0.25) is 0 Å². The lowest BCUT2D eigenvalue weighted by Gasteiger charge is -1.95. The van der Waals surface area contributed by atoms with Crippen LogP contribution in [0.25, 0.3) is 0 Å². The molecule has 1 heteroatoms. The van der Waals surface area contributed by atoms with Gasteiger partial charge in [-0.15, -0.1) is 5.73 Å². The van der Waals surface area contributed by atoms with E-state index < -0.39 is 0 Å². The highest BCUT2D eigenvalue weighted by atomic mass is 32.2. The highest BCUT2D eigenvalue weighted by molar-refractivity contribution is 8.02. The zero-order chi connectivity index (χ0) is 12.5. The molecule has 0 fully saturated rings. The lowest BCUT2D eigenvalue weighted by molar-refractivity contribution is 0.970. The molecule has 0 spiro atoms. The molecule has 0 saturated heterocycles. The molecule has 17 heavy (non-hydrogen) atoms. The van der Waals surface area contributed by atoms with Crippen LogP contribution in [0.1, 0.15) is 33.6 Å². The number of hydrogen-bond donors (Lipinski definition) is 0. The van der Waals surface area contributed by atoms with E-state index >= 15 is 0 Å². The van der Waals surface area contributed by atoms with Gasteiger partial charge in [0.05, 0.1) is 0 Å². The maximum Gasteiger partial charge on any atom is 0.0178 e. The van der Waals surface area contributed by atoms with Crippen molar-refractivity contribution in [2.45, 2.75) is 38.5 Å². The van der Waals surface area contributed by atoms with Gasteiger partial charge >= 0.3 is 0 Å². The average molecular weight is 244 g/mol. The average Bonchev–Trinajstić information content (AvgIpc) is 2.30. The second-order valence-electron chi connectivity index (χ2n) is 4.29. The minimum atomic E-state index is 1.09. The minimum Gasteiger partial charge on any atom is -0.115 e. The molecule has 0 unspecified atom stereocenters. The largest absolute Gasteiger partial charge is 0.115 e. The van der Waals surface area contributed by atoms with Crippen LogP contribution in [0.15, 0.2) is 63.6 Å². The molecule has 0 aliphatic carbocycles. The van der Waals surface area contributed by atoms with E-state index in [1.54, 1.807) is 11.8 Å². The molecular formula is C16H20S. The van der Waals surface area contributed by atoms with Gasteiger partial charge in [0.2, 0.25) is 0 Å². The maximum absolute atomic E-state index is 3.33. The van der Waals surface area contributed by atoms with E-state index in [0.717, 1.165) is 12.8 Å². The summed E-state index contributed by atoms with van der Waals surface area (Å²) >= 11 is 1.72. The second-order valence-corrected chi connectivity index (χ2v) is 5.24. The van der Waals surface area contributed by atoms with Crippen LogP contribution in [-0.4, -0.2) is 0 Å². The van der Waals surface area contributed by atoms with E-state index in [2.05, 4.69) is 56.8 Å². The Morgan fingerprint density at radius 2 is 1.88 bits per heavy atom. The number of allylic oxidation sites excluding steroid dienone is 3. The van der Waals surface area contributed by atoms with Gasteiger partial charge in [-0.25, -0.2) is 0 Å². The number of benzene rings is 1. The van der Waals surface area contributed by atoms with Gasteiger partial charge in [-0.05, 0) is 51.3 Å². The summed E-state index contributed by atoms with van der Waals surface area (Å²) in [7, 11) is 0. The van der Waals surface area contributed by atoms with Crippen LogP contribution in [0.4, 0.5) is 0 Å². The highest BCUT2D eigenvalue weighted by Gasteiger charge is 1.88. The summed E-state index contributed by atoms with van der Waals surface area (Å²) in [5, 5.41) is 2.05. The first-order valence-electron chi connectivity index (χ1n) is 5.94. The fraction of sp³-hybridized carbons (Fsp3) is 0.312. The third-order valence-electron chi connectivity index (χ3n) is 2.32. The third kappa shape index (κ3) is 6.88. The molecule has 0 aliphatic rings. The molecule has 0 saturated carbocycles. The van der Waals surface area contributed by atoms with Crippen LogP contribution < -0.4 is 0 Å². The lowest BCUT2D eigenvalue weighted by atomic mass is 10.1. The number of rotatable bonds is 5. The predicted octanol–water partition coefficient (Wildman–Crippen LogP) is 5.58. The van der Waals surface area contributed by atoms with Crippen LogP contribution in [-0.2, 0) is 0 Å². The standard InChI is InChI=1S/C16H20S/c1-14(2)8-7-9-15(3)12-13-17-16-10-5-4-6-11-16/h4-6,8,10-11,13H,7,9H2,1-3H3. The minimum absolute atomic E-state index is 1.09. The summed E-state index contributed by atoms with van der Waals surface area (Å²) in [4.78, 5) is 1.26. The summed E-state index contributed by atoms with van der Waals surface area (Å²) in [5.74, 6) is 0. The molecule has 0 aromatic heterocycles. The van der Waals surface area contributed by atoms with Gasteiger partial charge in [-0.1, -0.05) is 41.6 Å². The fourth-order valence-corrected chi connectivity index (χ4v) is 2.06. The SMILES string of the molecule is CC(=C=CSc1ccccc1)CCC=C(C)C. The van der Waals surface area contributed by atoms with Gasteiger partial charge in [0.15, 0.2) is 0 Å². The Hall–Kier alpha value is -1.17. The molecule has 1 aromatic rings. The molecule has 90 valence electrons.